The third kappa shape index (κ3) is 5.84. The van der Waals surface area contributed by atoms with Crippen molar-refractivity contribution in [3.05, 3.63) is 75.9 Å². The molecule has 1 fully saturated rings. The Labute approximate surface area is 204 Å². The predicted octanol–water partition coefficient (Wildman–Crippen LogP) is 4.92. The van der Waals surface area contributed by atoms with Crippen molar-refractivity contribution in [2.24, 2.45) is 0 Å². The number of carbonyl (C=O) groups is 1. The van der Waals surface area contributed by atoms with Gasteiger partial charge >= 0.3 is 6.18 Å². The number of halogens is 5. The molecule has 2 aromatic carbocycles. The van der Waals surface area contributed by atoms with Gasteiger partial charge in [-0.05, 0) is 29.8 Å². The smallest absolute Gasteiger partial charge is 0.435 e. The van der Waals surface area contributed by atoms with E-state index in [1.54, 1.807) is 17.0 Å². The second-order valence-electron chi connectivity index (χ2n) is 7.80. The fraction of sp³-hybridized carbons (Fsp3) is 0.304. The lowest BCUT2D eigenvalue weighted by Crippen LogP contribution is -2.49. The van der Waals surface area contributed by atoms with Crippen molar-refractivity contribution in [1.82, 2.24) is 19.6 Å². The van der Waals surface area contributed by atoms with Crippen LogP contribution in [0, 0.1) is 0 Å². The van der Waals surface area contributed by atoms with E-state index in [1.165, 1.54) is 12.1 Å². The minimum Gasteiger partial charge on any atom is -0.467 e. The van der Waals surface area contributed by atoms with Crippen LogP contribution in [0.1, 0.15) is 11.3 Å². The van der Waals surface area contributed by atoms with E-state index in [2.05, 4.69) is 10.00 Å². The van der Waals surface area contributed by atoms with Crippen LogP contribution in [0.2, 0.25) is 10.0 Å². The Kier molecular flexibility index (Phi) is 7.35. The first kappa shape index (κ1) is 24.4. The number of amides is 1. The van der Waals surface area contributed by atoms with Gasteiger partial charge < -0.3 is 9.64 Å². The van der Waals surface area contributed by atoms with Crippen LogP contribution in [0.15, 0.2) is 54.6 Å². The molecule has 1 aliphatic rings. The lowest BCUT2D eigenvalue weighted by Gasteiger charge is -2.34. The summed E-state index contributed by atoms with van der Waals surface area (Å²) in [6.45, 7) is 2.66. The first-order valence-electron chi connectivity index (χ1n) is 10.5. The number of carbonyl (C=O) groups excluding carboxylic acids is 1. The quantitative estimate of drug-likeness (QED) is 0.470. The van der Waals surface area contributed by atoms with Gasteiger partial charge in [0.25, 0.3) is 5.91 Å². The van der Waals surface area contributed by atoms with Gasteiger partial charge in [-0.2, -0.15) is 23.0 Å². The second kappa shape index (κ2) is 10.2. The highest BCUT2D eigenvalue weighted by Crippen LogP contribution is 2.33. The van der Waals surface area contributed by atoms with Gasteiger partial charge in [-0.25, -0.2) is 0 Å². The molecule has 0 bridgehead atoms. The topological polar surface area (TPSA) is 50.6 Å². The summed E-state index contributed by atoms with van der Waals surface area (Å²) >= 11 is 12.1. The summed E-state index contributed by atoms with van der Waals surface area (Å²) in [6, 6.07) is 14.7. The van der Waals surface area contributed by atoms with Crippen LogP contribution in [-0.4, -0.2) is 58.3 Å². The molecule has 0 saturated carbocycles. The van der Waals surface area contributed by atoms with Gasteiger partial charge in [-0.3, -0.25) is 9.69 Å². The van der Waals surface area contributed by atoms with Gasteiger partial charge in [0.05, 0.1) is 10.7 Å². The van der Waals surface area contributed by atoms with E-state index in [0.717, 1.165) is 22.9 Å². The van der Waals surface area contributed by atoms with Crippen LogP contribution in [0.5, 0.6) is 5.88 Å². The number of piperazine rings is 1. The van der Waals surface area contributed by atoms with Crippen molar-refractivity contribution < 1.29 is 22.7 Å². The van der Waals surface area contributed by atoms with Crippen molar-refractivity contribution in [2.75, 3.05) is 32.8 Å². The Morgan fingerprint density at radius 2 is 1.68 bits per heavy atom. The lowest BCUT2D eigenvalue weighted by atomic mass is 10.2. The third-order valence-corrected chi connectivity index (χ3v) is 6.01. The molecule has 0 spiro atoms. The molecule has 1 saturated heterocycles. The van der Waals surface area contributed by atoms with E-state index in [-0.39, 0.29) is 22.5 Å². The maximum atomic E-state index is 13.2. The van der Waals surface area contributed by atoms with Crippen molar-refractivity contribution >= 4 is 29.1 Å². The molecule has 6 nitrogen and oxygen atoms in total. The zero-order valence-corrected chi connectivity index (χ0v) is 19.4. The van der Waals surface area contributed by atoms with Crippen molar-refractivity contribution in [1.29, 1.82) is 0 Å². The molecule has 0 unspecified atom stereocenters. The average molecular weight is 513 g/mol. The maximum absolute atomic E-state index is 13.2. The van der Waals surface area contributed by atoms with Crippen LogP contribution in [-0.2, 0) is 17.5 Å². The molecule has 34 heavy (non-hydrogen) atoms. The summed E-state index contributed by atoms with van der Waals surface area (Å²) in [6.07, 6.45) is -4.67. The number of para-hydroxylation sites is 1. The second-order valence-corrected chi connectivity index (χ2v) is 8.64. The van der Waals surface area contributed by atoms with E-state index in [4.69, 9.17) is 27.9 Å². The highest BCUT2D eigenvalue weighted by atomic mass is 35.5. The van der Waals surface area contributed by atoms with Gasteiger partial charge in [0.2, 0.25) is 5.88 Å². The number of aromatic nitrogens is 2. The van der Waals surface area contributed by atoms with E-state index >= 15 is 0 Å². The Morgan fingerprint density at radius 3 is 2.32 bits per heavy atom. The van der Waals surface area contributed by atoms with Gasteiger partial charge in [0.15, 0.2) is 12.3 Å². The van der Waals surface area contributed by atoms with E-state index in [1.807, 2.05) is 24.3 Å². The minimum absolute atomic E-state index is 0.201. The zero-order chi connectivity index (χ0) is 24.3. The Balaban J connectivity index is 1.38. The van der Waals surface area contributed by atoms with Gasteiger partial charge in [0.1, 0.15) is 0 Å². The number of nitrogens with zero attached hydrogens (tertiary/aromatic N) is 4. The normalized spacial score (nSPS) is 14.9. The van der Waals surface area contributed by atoms with Crippen molar-refractivity contribution in [3.63, 3.8) is 0 Å². The Hall–Kier alpha value is -2.75. The van der Waals surface area contributed by atoms with Gasteiger partial charge in [0, 0.05) is 43.8 Å². The largest absolute Gasteiger partial charge is 0.467 e. The molecule has 0 N–H and O–H groups in total. The molecule has 11 heteroatoms. The zero-order valence-electron chi connectivity index (χ0n) is 17.9. The van der Waals surface area contributed by atoms with E-state index in [9.17, 15) is 18.0 Å². The number of benzene rings is 2. The standard InChI is InChI=1S/C23H21Cl2F3N4O2/c24-17-7-5-16(6-8-17)14-30-9-11-31(12-10-30)21(33)15-34-22-13-20(23(26,27)28)29-32(22)19-4-2-1-3-18(19)25/h1-8,13H,9-12,14-15H2. The summed E-state index contributed by atoms with van der Waals surface area (Å²) in [4.78, 5) is 16.5. The fourth-order valence-electron chi connectivity index (χ4n) is 3.63. The van der Waals surface area contributed by atoms with Crippen molar-refractivity contribution in [3.8, 4) is 11.6 Å². The Morgan fingerprint density at radius 1 is 1.00 bits per heavy atom. The van der Waals surface area contributed by atoms with Gasteiger partial charge in [-0.15, -0.1) is 0 Å². The highest BCUT2D eigenvalue weighted by Gasteiger charge is 2.36. The van der Waals surface area contributed by atoms with Crippen LogP contribution in [0.4, 0.5) is 13.2 Å². The monoisotopic (exact) mass is 512 g/mol. The third-order valence-electron chi connectivity index (χ3n) is 5.44. The maximum Gasteiger partial charge on any atom is 0.435 e. The van der Waals surface area contributed by atoms with E-state index < -0.39 is 18.5 Å². The summed E-state index contributed by atoms with van der Waals surface area (Å²) < 4.78 is 46.2. The number of hydrogen-bond acceptors (Lipinski definition) is 4. The minimum atomic E-state index is -4.67. The van der Waals surface area contributed by atoms with E-state index in [0.29, 0.717) is 31.2 Å². The molecule has 180 valence electrons. The number of rotatable bonds is 6. The summed E-state index contributed by atoms with van der Waals surface area (Å²) in [5.41, 5.74) is 0.212. The molecule has 4 rings (SSSR count). The molecule has 1 aromatic heterocycles. The number of hydrogen-bond donors (Lipinski definition) is 0. The molecule has 0 aliphatic carbocycles. The molecule has 1 amide bonds. The molecule has 1 aliphatic heterocycles. The number of alkyl halides is 3. The summed E-state index contributed by atoms with van der Waals surface area (Å²) in [5.74, 6) is -0.526. The lowest BCUT2D eigenvalue weighted by molar-refractivity contribution is -0.141. The predicted molar refractivity (Wildman–Crippen MR) is 122 cm³/mol. The van der Waals surface area contributed by atoms with Crippen LogP contribution >= 0.6 is 23.2 Å². The van der Waals surface area contributed by atoms with Crippen LogP contribution in [0.25, 0.3) is 5.69 Å². The molecule has 2 heterocycles. The fourth-order valence-corrected chi connectivity index (χ4v) is 3.97. The SMILES string of the molecule is O=C(COc1cc(C(F)(F)F)nn1-c1ccccc1Cl)N1CCN(Cc2ccc(Cl)cc2)CC1. The molecule has 0 radical (unpaired) electrons. The van der Waals surface area contributed by atoms with Crippen LogP contribution in [0.3, 0.4) is 0 Å². The summed E-state index contributed by atoms with van der Waals surface area (Å²) in [7, 11) is 0. The van der Waals surface area contributed by atoms with Gasteiger partial charge in [-0.1, -0.05) is 47.5 Å². The average Bonchev–Trinajstić information content (AvgIpc) is 3.24. The number of ether oxygens (including phenoxy) is 1. The molecule has 3 aromatic rings. The Bertz CT molecular complexity index is 1140. The first-order valence-corrected chi connectivity index (χ1v) is 11.3. The first-order chi connectivity index (χ1) is 16.2. The molecular weight excluding hydrogens is 492 g/mol. The summed E-state index contributed by atoms with van der Waals surface area (Å²) in [5, 5.41) is 4.48. The molecule has 0 atom stereocenters. The molecular formula is C23H21Cl2F3N4O2. The van der Waals surface area contributed by atoms with Crippen molar-refractivity contribution in [2.45, 2.75) is 12.7 Å². The van der Waals surface area contributed by atoms with Crippen LogP contribution < -0.4 is 4.74 Å². The highest BCUT2D eigenvalue weighted by molar-refractivity contribution is 6.32.